The van der Waals surface area contributed by atoms with Gasteiger partial charge in [-0.05, 0) is 55.9 Å². The molecule has 0 saturated carbocycles. The molecule has 236 valence electrons. The van der Waals surface area contributed by atoms with Crippen LogP contribution in [0, 0.1) is 6.92 Å². The number of sulfone groups is 1. The standard InChI is InChI=1S/C38H42O6S/c1-27-19-21-29(22-20-27)24-33-35(42-26-31-17-11-6-12-18-31)37-36(43-38(2,3)44-37)34(41-25-30-15-9-5-10-16-30)32(45(33,39)40)23-28-13-7-4-8-14-28/h4-22,32-37H,23-26H2,1-3H3/t32-,33-,34+,35+,36+,37+/m1/s1. The van der Waals surface area contributed by atoms with Gasteiger partial charge in [0, 0.05) is 0 Å². The average Bonchev–Trinajstić information content (AvgIpc) is 3.34. The first kappa shape index (κ1) is 31.6. The molecule has 0 bridgehead atoms. The summed E-state index contributed by atoms with van der Waals surface area (Å²) in [5.74, 6) is -0.954. The minimum atomic E-state index is -3.90. The van der Waals surface area contributed by atoms with Crippen molar-refractivity contribution in [2.45, 2.75) is 87.5 Å². The van der Waals surface area contributed by atoms with Crippen LogP contribution in [0.25, 0.3) is 0 Å². The molecule has 2 saturated heterocycles. The normalized spacial score (nSPS) is 27.0. The molecule has 0 N–H and O–H groups in total. The van der Waals surface area contributed by atoms with Crippen LogP contribution in [0.15, 0.2) is 115 Å². The third-order valence-electron chi connectivity index (χ3n) is 8.80. The highest BCUT2D eigenvalue weighted by Crippen LogP contribution is 2.43. The van der Waals surface area contributed by atoms with Crippen molar-refractivity contribution in [2.24, 2.45) is 0 Å². The molecule has 2 fully saturated rings. The Balaban J connectivity index is 1.46. The van der Waals surface area contributed by atoms with E-state index in [1.807, 2.05) is 136 Å². The van der Waals surface area contributed by atoms with Crippen molar-refractivity contribution in [1.29, 1.82) is 0 Å². The molecular weight excluding hydrogens is 584 g/mol. The van der Waals surface area contributed by atoms with Gasteiger partial charge in [-0.15, -0.1) is 0 Å². The summed E-state index contributed by atoms with van der Waals surface area (Å²) in [5, 5.41) is -1.79. The van der Waals surface area contributed by atoms with E-state index in [0.29, 0.717) is 0 Å². The first-order chi connectivity index (χ1) is 21.7. The van der Waals surface area contributed by atoms with E-state index >= 15 is 8.42 Å². The lowest BCUT2D eigenvalue weighted by atomic mass is 9.94. The van der Waals surface area contributed by atoms with E-state index in [-0.39, 0.29) is 26.1 Å². The maximum atomic E-state index is 15.2. The molecule has 6 nitrogen and oxygen atoms in total. The Hall–Kier alpha value is -3.33. The summed E-state index contributed by atoms with van der Waals surface area (Å²) in [6.07, 6.45) is -2.37. The largest absolute Gasteiger partial charge is 0.369 e. The highest BCUT2D eigenvalue weighted by atomic mass is 32.2. The van der Waals surface area contributed by atoms with Crippen LogP contribution >= 0.6 is 0 Å². The Labute approximate surface area is 267 Å². The SMILES string of the molecule is Cc1ccc(C[C@@H]2[C@H](OCc3ccccc3)[C@@H]3OC(C)(C)O[C@H]3[C@@H](OCc3ccccc3)[C@@H](Cc3ccccc3)S2(=O)=O)cc1. The maximum Gasteiger partial charge on any atom is 0.164 e. The molecule has 0 aliphatic carbocycles. The first-order valence-corrected chi connectivity index (χ1v) is 17.3. The zero-order chi connectivity index (χ0) is 31.4. The number of rotatable bonds is 10. The highest BCUT2D eigenvalue weighted by Gasteiger charge is 2.60. The van der Waals surface area contributed by atoms with Gasteiger partial charge in [-0.25, -0.2) is 8.42 Å². The fraction of sp³-hybridized carbons (Fsp3) is 0.368. The lowest BCUT2D eigenvalue weighted by Crippen LogP contribution is -2.48. The maximum absolute atomic E-state index is 15.2. The Morgan fingerprint density at radius 2 is 0.956 bits per heavy atom. The fourth-order valence-electron chi connectivity index (χ4n) is 6.55. The number of hydrogen-bond acceptors (Lipinski definition) is 6. The van der Waals surface area contributed by atoms with Crippen LogP contribution in [0.1, 0.15) is 41.7 Å². The molecule has 2 aliphatic rings. The van der Waals surface area contributed by atoms with Crippen molar-refractivity contribution in [3.8, 4) is 0 Å². The molecule has 45 heavy (non-hydrogen) atoms. The summed E-state index contributed by atoms with van der Waals surface area (Å²) in [7, 11) is -3.90. The van der Waals surface area contributed by atoms with E-state index in [2.05, 4.69) is 0 Å². The zero-order valence-corrected chi connectivity index (χ0v) is 26.9. The lowest BCUT2D eigenvalue weighted by Gasteiger charge is -2.32. The van der Waals surface area contributed by atoms with Crippen molar-refractivity contribution in [2.75, 3.05) is 0 Å². The summed E-state index contributed by atoms with van der Waals surface area (Å²) in [4.78, 5) is 0. The van der Waals surface area contributed by atoms with Gasteiger partial charge in [0.15, 0.2) is 15.6 Å². The van der Waals surface area contributed by atoms with E-state index in [4.69, 9.17) is 18.9 Å². The lowest BCUT2D eigenvalue weighted by molar-refractivity contribution is -0.167. The zero-order valence-electron chi connectivity index (χ0n) is 26.1. The predicted molar refractivity (Wildman–Crippen MR) is 175 cm³/mol. The van der Waals surface area contributed by atoms with E-state index in [1.54, 1.807) is 0 Å². The first-order valence-electron chi connectivity index (χ1n) is 15.7. The third-order valence-corrected chi connectivity index (χ3v) is 11.4. The van der Waals surface area contributed by atoms with E-state index in [9.17, 15) is 0 Å². The average molecular weight is 627 g/mol. The van der Waals surface area contributed by atoms with Crippen molar-refractivity contribution >= 4 is 9.84 Å². The molecule has 4 aromatic carbocycles. The molecule has 6 atom stereocenters. The molecule has 4 aromatic rings. The van der Waals surface area contributed by atoms with Crippen LogP contribution in [0.4, 0.5) is 0 Å². The highest BCUT2D eigenvalue weighted by molar-refractivity contribution is 7.92. The summed E-state index contributed by atoms with van der Waals surface area (Å²) in [6, 6.07) is 37.5. The number of ether oxygens (including phenoxy) is 4. The van der Waals surface area contributed by atoms with Crippen LogP contribution < -0.4 is 0 Å². The second-order valence-electron chi connectivity index (χ2n) is 12.6. The second kappa shape index (κ2) is 13.6. The van der Waals surface area contributed by atoms with Crippen molar-refractivity contribution in [1.82, 2.24) is 0 Å². The molecule has 0 radical (unpaired) electrons. The van der Waals surface area contributed by atoms with E-state index in [1.165, 1.54) is 0 Å². The summed E-state index contributed by atoms with van der Waals surface area (Å²) in [5.41, 5.74) is 4.89. The summed E-state index contributed by atoms with van der Waals surface area (Å²) < 4.78 is 56.9. The fourth-order valence-corrected chi connectivity index (χ4v) is 9.07. The van der Waals surface area contributed by atoms with Crippen LogP contribution in [-0.2, 0) is 54.8 Å². The number of aryl methyl sites for hydroxylation is 1. The second-order valence-corrected chi connectivity index (χ2v) is 15.0. The molecule has 0 amide bonds. The molecule has 6 rings (SSSR count). The third kappa shape index (κ3) is 7.40. The monoisotopic (exact) mass is 626 g/mol. The Bertz CT molecular complexity index is 1620. The van der Waals surface area contributed by atoms with Gasteiger partial charge in [0.2, 0.25) is 0 Å². The quantitative estimate of drug-likeness (QED) is 0.197. The Kier molecular flexibility index (Phi) is 9.54. The van der Waals surface area contributed by atoms with Crippen LogP contribution in [-0.4, -0.2) is 49.1 Å². The van der Waals surface area contributed by atoms with Crippen LogP contribution in [0.5, 0.6) is 0 Å². The molecule has 0 spiro atoms. The van der Waals surface area contributed by atoms with Gasteiger partial charge in [-0.3, -0.25) is 0 Å². The summed E-state index contributed by atoms with van der Waals surface area (Å²) in [6.45, 7) is 6.27. The molecule has 2 heterocycles. The van der Waals surface area contributed by atoms with Gasteiger partial charge in [0.05, 0.1) is 23.7 Å². The van der Waals surface area contributed by atoms with Crippen LogP contribution in [0.3, 0.4) is 0 Å². The minimum absolute atomic E-state index is 0.247. The Morgan fingerprint density at radius 3 is 1.38 bits per heavy atom. The molecule has 0 unspecified atom stereocenters. The predicted octanol–water partition coefficient (Wildman–Crippen LogP) is 6.64. The van der Waals surface area contributed by atoms with Gasteiger partial charge in [-0.1, -0.05) is 121 Å². The van der Waals surface area contributed by atoms with E-state index < -0.39 is 50.5 Å². The van der Waals surface area contributed by atoms with Crippen molar-refractivity contribution < 1.29 is 27.4 Å². The number of hydrogen-bond donors (Lipinski definition) is 0. The van der Waals surface area contributed by atoms with Gasteiger partial charge in [0.1, 0.15) is 24.4 Å². The van der Waals surface area contributed by atoms with Gasteiger partial charge in [-0.2, -0.15) is 0 Å². The molecule has 0 aromatic heterocycles. The minimum Gasteiger partial charge on any atom is -0.369 e. The molecule has 2 aliphatic heterocycles. The van der Waals surface area contributed by atoms with Crippen LogP contribution in [0.2, 0.25) is 0 Å². The Morgan fingerprint density at radius 1 is 0.578 bits per heavy atom. The van der Waals surface area contributed by atoms with E-state index in [0.717, 1.165) is 27.8 Å². The van der Waals surface area contributed by atoms with Crippen molar-refractivity contribution in [3.63, 3.8) is 0 Å². The van der Waals surface area contributed by atoms with Gasteiger partial charge < -0.3 is 18.9 Å². The molecular formula is C38H42O6S. The van der Waals surface area contributed by atoms with Gasteiger partial charge in [0.25, 0.3) is 0 Å². The molecule has 7 heteroatoms. The smallest absolute Gasteiger partial charge is 0.164 e. The van der Waals surface area contributed by atoms with Crippen molar-refractivity contribution in [3.05, 3.63) is 143 Å². The number of benzene rings is 4. The number of fused-ring (bicyclic) bond motifs is 1. The topological polar surface area (TPSA) is 71.1 Å². The van der Waals surface area contributed by atoms with Gasteiger partial charge >= 0.3 is 0 Å². The summed E-state index contributed by atoms with van der Waals surface area (Å²) >= 11 is 0.